The summed E-state index contributed by atoms with van der Waals surface area (Å²) in [5.74, 6) is 0. The van der Waals surface area contributed by atoms with E-state index in [4.69, 9.17) is 19.0 Å². The van der Waals surface area contributed by atoms with Crippen molar-refractivity contribution in [3.05, 3.63) is 0 Å². The second kappa shape index (κ2) is 11.1. The summed E-state index contributed by atoms with van der Waals surface area (Å²) in [6, 6.07) is 0.896. The molecule has 0 atom stereocenters. The molecular formula is C11H28N2O3Si. The highest BCUT2D eigenvalue weighted by molar-refractivity contribution is 6.60. The van der Waals surface area contributed by atoms with Gasteiger partial charge in [-0.05, 0) is 19.4 Å². The van der Waals surface area contributed by atoms with Crippen molar-refractivity contribution in [3.8, 4) is 0 Å². The first-order valence-electron chi connectivity index (χ1n) is 6.31. The predicted octanol–water partition coefficient (Wildman–Crippen LogP) is 0.973. The summed E-state index contributed by atoms with van der Waals surface area (Å²) in [4.78, 5) is 0. The number of hydrogen-bond acceptors (Lipinski definition) is 5. The van der Waals surface area contributed by atoms with E-state index >= 15 is 0 Å². The van der Waals surface area contributed by atoms with Gasteiger partial charge in [-0.2, -0.15) is 0 Å². The van der Waals surface area contributed by atoms with Gasteiger partial charge in [0.2, 0.25) is 0 Å². The van der Waals surface area contributed by atoms with Gasteiger partial charge in [-0.25, -0.2) is 0 Å². The topological polar surface area (TPSA) is 65.7 Å². The standard InChI is InChI=1S/C11H28N2O3Si/c1-14-17(15-2,16-3)11-7-5-4-6-9-13-10-8-12/h13H,4-12H2,1-3H3. The summed E-state index contributed by atoms with van der Waals surface area (Å²) < 4.78 is 16.1. The van der Waals surface area contributed by atoms with E-state index in [9.17, 15) is 0 Å². The lowest BCUT2D eigenvalue weighted by molar-refractivity contribution is 0.122. The van der Waals surface area contributed by atoms with Crippen LogP contribution in [-0.2, 0) is 13.3 Å². The lowest BCUT2D eigenvalue weighted by Crippen LogP contribution is -2.42. The second-order valence-electron chi connectivity index (χ2n) is 4.00. The van der Waals surface area contributed by atoms with Crippen molar-refractivity contribution in [2.24, 2.45) is 5.73 Å². The molecule has 0 saturated carbocycles. The van der Waals surface area contributed by atoms with Crippen LogP contribution >= 0.6 is 0 Å². The minimum absolute atomic E-state index is 0.712. The van der Waals surface area contributed by atoms with Crippen LogP contribution < -0.4 is 11.1 Å². The van der Waals surface area contributed by atoms with Crippen LogP contribution in [0.3, 0.4) is 0 Å². The van der Waals surface area contributed by atoms with Gasteiger partial charge in [0.05, 0.1) is 0 Å². The summed E-state index contributed by atoms with van der Waals surface area (Å²) >= 11 is 0. The average molecular weight is 264 g/mol. The Bertz CT molecular complexity index is 161. The Hall–Kier alpha value is 0.0169. The predicted molar refractivity (Wildman–Crippen MR) is 72.0 cm³/mol. The number of nitrogens with two attached hydrogens (primary N) is 1. The average Bonchev–Trinajstić information content (AvgIpc) is 2.38. The molecule has 0 aromatic heterocycles. The van der Waals surface area contributed by atoms with Gasteiger partial charge in [0.15, 0.2) is 0 Å². The summed E-state index contributed by atoms with van der Waals surface area (Å²) in [5.41, 5.74) is 5.39. The minimum Gasteiger partial charge on any atom is -0.377 e. The molecule has 0 aliphatic carbocycles. The first-order chi connectivity index (χ1) is 8.24. The number of unbranched alkanes of at least 4 members (excludes halogenated alkanes) is 3. The molecule has 0 unspecified atom stereocenters. The number of nitrogens with one attached hydrogen (secondary N) is 1. The first-order valence-corrected chi connectivity index (χ1v) is 8.24. The van der Waals surface area contributed by atoms with Crippen molar-refractivity contribution < 1.29 is 13.3 Å². The van der Waals surface area contributed by atoms with Crippen LogP contribution in [0.25, 0.3) is 0 Å². The summed E-state index contributed by atoms with van der Waals surface area (Å²) in [6.45, 7) is 2.68. The largest absolute Gasteiger partial charge is 0.500 e. The van der Waals surface area contributed by atoms with Crippen LogP contribution in [0.4, 0.5) is 0 Å². The van der Waals surface area contributed by atoms with E-state index in [1.54, 1.807) is 21.3 Å². The van der Waals surface area contributed by atoms with Crippen molar-refractivity contribution in [1.82, 2.24) is 5.32 Å². The maximum atomic E-state index is 5.39. The molecule has 0 rings (SSSR count). The van der Waals surface area contributed by atoms with Crippen LogP contribution in [0.2, 0.25) is 6.04 Å². The van der Waals surface area contributed by atoms with Crippen molar-refractivity contribution >= 4 is 8.80 Å². The van der Waals surface area contributed by atoms with Gasteiger partial charge in [-0.15, -0.1) is 0 Å². The molecule has 104 valence electrons. The molecule has 6 heteroatoms. The summed E-state index contributed by atoms with van der Waals surface area (Å²) in [5, 5.41) is 3.29. The molecule has 0 saturated heterocycles. The van der Waals surface area contributed by atoms with Gasteiger partial charge < -0.3 is 24.3 Å². The fraction of sp³-hybridized carbons (Fsp3) is 1.00. The molecule has 0 radical (unpaired) electrons. The normalized spacial score (nSPS) is 12.0. The van der Waals surface area contributed by atoms with Gasteiger partial charge in [0.1, 0.15) is 0 Å². The molecule has 5 nitrogen and oxygen atoms in total. The molecule has 0 amide bonds. The Balaban J connectivity index is 3.43. The van der Waals surface area contributed by atoms with Gasteiger partial charge >= 0.3 is 8.80 Å². The van der Waals surface area contributed by atoms with E-state index in [1.165, 1.54) is 19.3 Å². The third kappa shape index (κ3) is 7.85. The highest BCUT2D eigenvalue weighted by Crippen LogP contribution is 2.17. The Labute approximate surface area is 106 Å². The number of hydrogen-bond donors (Lipinski definition) is 2. The van der Waals surface area contributed by atoms with Crippen LogP contribution in [0.15, 0.2) is 0 Å². The molecule has 0 aliphatic rings. The molecular weight excluding hydrogens is 236 g/mol. The van der Waals surface area contributed by atoms with Crippen LogP contribution in [0.5, 0.6) is 0 Å². The Morgan fingerprint density at radius 3 is 2.00 bits per heavy atom. The van der Waals surface area contributed by atoms with Gasteiger partial charge in [-0.3, -0.25) is 0 Å². The van der Waals surface area contributed by atoms with Crippen LogP contribution in [0.1, 0.15) is 25.7 Å². The zero-order chi connectivity index (χ0) is 13.0. The van der Waals surface area contributed by atoms with Crippen molar-refractivity contribution in [2.75, 3.05) is 41.0 Å². The monoisotopic (exact) mass is 264 g/mol. The molecule has 0 fully saturated rings. The Kier molecular flexibility index (Phi) is 11.1. The second-order valence-corrected chi connectivity index (χ2v) is 7.09. The van der Waals surface area contributed by atoms with E-state index in [0.29, 0.717) is 6.54 Å². The van der Waals surface area contributed by atoms with E-state index in [2.05, 4.69) is 5.32 Å². The quantitative estimate of drug-likeness (QED) is 0.406. The molecule has 0 aromatic rings. The van der Waals surface area contributed by atoms with E-state index in [0.717, 1.165) is 25.6 Å². The van der Waals surface area contributed by atoms with E-state index in [-0.39, 0.29) is 0 Å². The number of rotatable bonds is 12. The molecule has 3 N–H and O–H groups in total. The van der Waals surface area contributed by atoms with Crippen molar-refractivity contribution in [3.63, 3.8) is 0 Å². The fourth-order valence-electron chi connectivity index (χ4n) is 1.73. The summed E-state index contributed by atoms with van der Waals surface area (Å²) in [6.07, 6.45) is 4.70. The van der Waals surface area contributed by atoms with Gasteiger partial charge in [0, 0.05) is 40.5 Å². The van der Waals surface area contributed by atoms with Gasteiger partial charge in [-0.1, -0.05) is 12.8 Å². The van der Waals surface area contributed by atoms with E-state index in [1.807, 2.05) is 0 Å². The molecule has 0 heterocycles. The molecule has 0 bridgehead atoms. The zero-order valence-corrected chi connectivity index (χ0v) is 12.5. The van der Waals surface area contributed by atoms with Crippen LogP contribution in [0, 0.1) is 0 Å². The SMILES string of the molecule is CO[Si](CCCCCCNCCN)(OC)OC. The van der Waals surface area contributed by atoms with Crippen LogP contribution in [-0.4, -0.2) is 49.8 Å². The Morgan fingerprint density at radius 2 is 1.47 bits per heavy atom. The third-order valence-corrected chi connectivity index (χ3v) is 5.67. The van der Waals surface area contributed by atoms with E-state index < -0.39 is 8.80 Å². The highest BCUT2D eigenvalue weighted by atomic mass is 28.4. The first kappa shape index (κ1) is 17.0. The molecule has 17 heavy (non-hydrogen) atoms. The highest BCUT2D eigenvalue weighted by Gasteiger charge is 2.36. The molecule has 0 aromatic carbocycles. The minimum atomic E-state index is -2.33. The molecule has 0 spiro atoms. The lowest BCUT2D eigenvalue weighted by atomic mass is 10.2. The third-order valence-electron chi connectivity index (χ3n) is 2.84. The Morgan fingerprint density at radius 1 is 0.882 bits per heavy atom. The fourth-order valence-corrected chi connectivity index (χ4v) is 3.52. The maximum Gasteiger partial charge on any atom is 0.500 e. The lowest BCUT2D eigenvalue weighted by Gasteiger charge is -2.24. The molecule has 0 aliphatic heterocycles. The summed E-state index contributed by atoms with van der Waals surface area (Å²) in [7, 11) is 2.66. The maximum absolute atomic E-state index is 5.39. The van der Waals surface area contributed by atoms with Crippen molar-refractivity contribution in [1.29, 1.82) is 0 Å². The van der Waals surface area contributed by atoms with Crippen molar-refractivity contribution in [2.45, 2.75) is 31.7 Å². The zero-order valence-electron chi connectivity index (χ0n) is 11.5. The smallest absolute Gasteiger partial charge is 0.377 e. The van der Waals surface area contributed by atoms with Gasteiger partial charge in [0.25, 0.3) is 0 Å².